The zero-order valence-electron chi connectivity index (χ0n) is 10.5. The van der Waals surface area contributed by atoms with Crippen LogP contribution in [0.5, 0.6) is 0 Å². The number of hydrogen-bond acceptors (Lipinski definition) is 3. The molecule has 0 heterocycles. The van der Waals surface area contributed by atoms with Crippen molar-refractivity contribution >= 4 is 19.4 Å². The minimum absolute atomic E-state index is 0.185. The molecule has 104 valence electrons. The van der Waals surface area contributed by atoms with E-state index in [9.17, 15) is 23.1 Å². The van der Waals surface area contributed by atoms with Gasteiger partial charge in [-0.1, -0.05) is 6.32 Å². The molecule has 1 aromatic rings. The molecule has 0 fully saturated rings. The first-order valence-corrected chi connectivity index (χ1v) is 5.47. The third-order valence-corrected chi connectivity index (χ3v) is 2.59. The van der Waals surface area contributed by atoms with Crippen LogP contribution in [0, 0.1) is 11.3 Å². The van der Waals surface area contributed by atoms with E-state index in [0.29, 0.717) is 6.07 Å². The zero-order chi connectivity index (χ0) is 15.6. The van der Waals surface area contributed by atoms with Crippen LogP contribution in [0.3, 0.4) is 0 Å². The van der Waals surface area contributed by atoms with Gasteiger partial charge in [0.1, 0.15) is 5.60 Å². The highest BCUT2D eigenvalue weighted by Gasteiger charge is 2.34. The molecule has 0 aromatic heterocycles. The topological polar surface area (TPSA) is 73.1 Å². The molecular weight excluding hydrogens is 272 g/mol. The summed E-state index contributed by atoms with van der Waals surface area (Å²) in [6.07, 6.45) is -5.11. The smallest absolute Gasteiger partial charge is 0.381 e. The highest BCUT2D eigenvalue weighted by Crippen LogP contribution is 2.33. The van der Waals surface area contributed by atoms with Crippen molar-refractivity contribution in [3.8, 4) is 6.07 Å². The average Bonchev–Trinajstić information content (AvgIpc) is 2.37. The summed E-state index contributed by atoms with van der Waals surface area (Å²) in [7, 11) is 5.17. The first kappa shape index (κ1) is 16.1. The molecule has 1 aromatic carbocycles. The van der Waals surface area contributed by atoms with Gasteiger partial charge in [0.05, 0.1) is 25.0 Å². The van der Waals surface area contributed by atoms with Crippen LogP contribution >= 0.6 is 0 Å². The Balaban J connectivity index is 3.12. The molecule has 1 rings (SSSR count). The maximum atomic E-state index is 12.7. The van der Waals surface area contributed by atoms with Crippen molar-refractivity contribution in [2.45, 2.75) is 25.0 Å². The second kappa shape index (κ2) is 5.55. The SMILES string of the molecule is [B]C[C@@](C)(O)C(=O)Nc1ccc(C#N)c(C(F)(F)F)c1. The van der Waals surface area contributed by atoms with Crippen LogP contribution in [0.25, 0.3) is 0 Å². The fourth-order valence-corrected chi connectivity index (χ4v) is 1.31. The molecule has 1 amide bonds. The number of nitriles is 1. The van der Waals surface area contributed by atoms with Gasteiger partial charge < -0.3 is 10.4 Å². The zero-order valence-corrected chi connectivity index (χ0v) is 10.5. The van der Waals surface area contributed by atoms with Crippen molar-refractivity contribution in [1.82, 2.24) is 0 Å². The van der Waals surface area contributed by atoms with E-state index in [-0.39, 0.29) is 12.0 Å². The van der Waals surface area contributed by atoms with Crippen LogP contribution < -0.4 is 5.32 Å². The van der Waals surface area contributed by atoms with Crippen molar-refractivity contribution in [2.75, 3.05) is 5.32 Å². The van der Waals surface area contributed by atoms with Gasteiger partial charge in [-0.3, -0.25) is 4.79 Å². The maximum absolute atomic E-state index is 12.7. The number of benzene rings is 1. The summed E-state index contributed by atoms with van der Waals surface area (Å²) in [4.78, 5) is 11.6. The second-order valence-electron chi connectivity index (χ2n) is 4.30. The van der Waals surface area contributed by atoms with E-state index in [2.05, 4.69) is 5.32 Å². The third kappa shape index (κ3) is 3.51. The summed E-state index contributed by atoms with van der Waals surface area (Å²) >= 11 is 0. The lowest BCUT2D eigenvalue weighted by Crippen LogP contribution is -2.39. The van der Waals surface area contributed by atoms with Gasteiger partial charge in [0.25, 0.3) is 5.91 Å². The van der Waals surface area contributed by atoms with Crippen LogP contribution in [-0.2, 0) is 11.0 Å². The molecule has 2 radical (unpaired) electrons. The molecule has 0 aliphatic heterocycles. The lowest BCUT2D eigenvalue weighted by molar-refractivity contribution is -0.137. The molecule has 0 spiro atoms. The van der Waals surface area contributed by atoms with Gasteiger partial charge in [-0.15, -0.1) is 0 Å². The van der Waals surface area contributed by atoms with Crippen molar-refractivity contribution in [3.63, 3.8) is 0 Å². The molecule has 0 saturated carbocycles. The predicted molar refractivity (Wildman–Crippen MR) is 66.0 cm³/mol. The first-order chi connectivity index (χ1) is 9.11. The number of anilines is 1. The summed E-state index contributed by atoms with van der Waals surface area (Å²) < 4.78 is 38.2. The molecule has 0 aliphatic carbocycles. The van der Waals surface area contributed by atoms with Crippen molar-refractivity contribution in [1.29, 1.82) is 5.26 Å². The normalized spacial score (nSPS) is 14.2. The molecule has 0 saturated heterocycles. The van der Waals surface area contributed by atoms with Crippen LogP contribution in [0.15, 0.2) is 18.2 Å². The number of carbonyl (C=O) groups is 1. The summed E-state index contributed by atoms with van der Waals surface area (Å²) in [5, 5.41) is 20.3. The van der Waals surface area contributed by atoms with Crippen molar-refractivity contribution in [3.05, 3.63) is 29.3 Å². The molecule has 20 heavy (non-hydrogen) atoms. The van der Waals surface area contributed by atoms with E-state index >= 15 is 0 Å². The van der Waals surface area contributed by atoms with E-state index in [0.717, 1.165) is 19.1 Å². The Morgan fingerprint density at radius 1 is 1.50 bits per heavy atom. The fourth-order valence-electron chi connectivity index (χ4n) is 1.31. The summed E-state index contributed by atoms with van der Waals surface area (Å²) in [6.45, 7) is 1.14. The number of nitrogens with one attached hydrogen (secondary N) is 1. The van der Waals surface area contributed by atoms with E-state index in [4.69, 9.17) is 13.1 Å². The Morgan fingerprint density at radius 2 is 2.10 bits per heavy atom. The van der Waals surface area contributed by atoms with Gasteiger partial charge in [0.2, 0.25) is 0 Å². The quantitative estimate of drug-likeness (QED) is 0.831. The lowest BCUT2D eigenvalue weighted by Gasteiger charge is -2.21. The molecule has 0 bridgehead atoms. The Hall–Kier alpha value is -2.01. The van der Waals surface area contributed by atoms with Gasteiger partial charge in [0.15, 0.2) is 0 Å². The van der Waals surface area contributed by atoms with E-state index in [1.54, 1.807) is 0 Å². The van der Waals surface area contributed by atoms with Crippen LogP contribution in [0.4, 0.5) is 18.9 Å². The molecular formula is C12H10BF3N2O2. The molecule has 4 nitrogen and oxygen atoms in total. The number of halogens is 3. The van der Waals surface area contributed by atoms with Gasteiger partial charge in [-0.05, 0) is 25.1 Å². The Bertz CT molecular complexity index is 565. The number of rotatable bonds is 3. The highest BCUT2D eigenvalue weighted by atomic mass is 19.4. The largest absolute Gasteiger partial charge is 0.417 e. The summed E-state index contributed by atoms with van der Waals surface area (Å²) in [5.74, 6) is -0.933. The number of hydrogen-bond donors (Lipinski definition) is 2. The van der Waals surface area contributed by atoms with E-state index in [1.165, 1.54) is 6.07 Å². The van der Waals surface area contributed by atoms with Gasteiger partial charge in [-0.25, -0.2) is 0 Å². The predicted octanol–water partition coefficient (Wildman–Crippen LogP) is 1.85. The number of carbonyl (C=O) groups excluding carboxylic acids is 1. The maximum Gasteiger partial charge on any atom is 0.417 e. The highest BCUT2D eigenvalue weighted by molar-refractivity contribution is 6.13. The standard InChI is InChI=1S/C12H10BF3N2O2/c1-11(20,6-13)10(19)18-8-3-2-7(5-17)9(4-8)12(14,15)16/h2-4,20H,6H2,1H3,(H,18,19)/t11-/m1/s1. The number of aliphatic hydroxyl groups is 1. The fraction of sp³-hybridized carbons (Fsp3) is 0.333. The average molecular weight is 282 g/mol. The summed E-state index contributed by atoms with van der Waals surface area (Å²) in [6, 6.07) is 4.13. The molecule has 0 aliphatic rings. The van der Waals surface area contributed by atoms with Gasteiger partial charge in [-0.2, -0.15) is 18.4 Å². The van der Waals surface area contributed by atoms with E-state index < -0.39 is 28.8 Å². The molecule has 0 unspecified atom stereocenters. The number of nitrogens with zero attached hydrogens (tertiary/aromatic N) is 1. The van der Waals surface area contributed by atoms with Crippen LogP contribution in [0.1, 0.15) is 18.1 Å². The number of alkyl halides is 3. The third-order valence-electron chi connectivity index (χ3n) is 2.59. The Labute approximate surface area is 114 Å². The lowest BCUT2D eigenvalue weighted by atomic mass is 9.88. The van der Waals surface area contributed by atoms with E-state index in [1.807, 2.05) is 0 Å². The van der Waals surface area contributed by atoms with Crippen LogP contribution in [-0.4, -0.2) is 24.5 Å². The van der Waals surface area contributed by atoms with Crippen molar-refractivity contribution < 1.29 is 23.1 Å². The van der Waals surface area contributed by atoms with Crippen LogP contribution in [0.2, 0.25) is 6.32 Å². The molecule has 8 heteroatoms. The van der Waals surface area contributed by atoms with Gasteiger partial charge in [0, 0.05) is 5.69 Å². The Morgan fingerprint density at radius 3 is 2.55 bits per heavy atom. The van der Waals surface area contributed by atoms with Gasteiger partial charge >= 0.3 is 6.18 Å². The first-order valence-electron chi connectivity index (χ1n) is 5.47. The Kier molecular flexibility index (Phi) is 4.45. The molecule has 1 atom stereocenters. The van der Waals surface area contributed by atoms with Crippen molar-refractivity contribution in [2.24, 2.45) is 0 Å². The second-order valence-corrected chi connectivity index (χ2v) is 4.30. The molecule has 2 N–H and O–H groups in total. The monoisotopic (exact) mass is 282 g/mol. The minimum atomic E-state index is -4.72. The minimum Gasteiger partial charge on any atom is -0.381 e. The number of amides is 1. The summed E-state index contributed by atoms with van der Waals surface area (Å²) in [5.41, 5.74) is -3.80.